The van der Waals surface area contributed by atoms with Gasteiger partial charge in [-0.1, -0.05) is 32.4 Å². The Morgan fingerprint density at radius 1 is 1.33 bits per heavy atom. The first-order chi connectivity index (χ1) is 10.1. The SMILES string of the molecule is CC(C)CCN1CCC2(c3cccc(N)c3)CCCC1C2. The van der Waals surface area contributed by atoms with E-state index in [9.17, 15) is 0 Å². The summed E-state index contributed by atoms with van der Waals surface area (Å²) >= 11 is 0. The lowest BCUT2D eigenvalue weighted by Gasteiger charge is -2.51. The zero-order valence-corrected chi connectivity index (χ0v) is 13.6. The molecule has 1 aromatic rings. The van der Waals surface area contributed by atoms with Gasteiger partial charge < -0.3 is 10.6 Å². The van der Waals surface area contributed by atoms with Gasteiger partial charge in [0.1, 0.15) is 0 Å². The monoisotopic (exact) mass is 286 g/mol. The topological polar surface area (TPSA) is 29.3 Å². The first-order valence-corrected chi connectivity index (χ1v) is 8.69. The molecule has 1 aromatic carbocycles. The molecule has 1 saturated heterocycles. The fourth-order valence-corrected chi connectivity index (χ4v) is 4.40. The molecular formula is C19H30N2. The van der Waals surface area contributed by atoms with Crippen LogP contribution >= 0.6 is 0 Å². The van der Waals surface area contributed by atoms with Crippen LogP contribution in [0.4, 0.5) is 5.69 Å². The first kappa shape index (κ1) is 14.9. The van der Waals surface area contributed by atoms with Crippen molar-refractivity contribution in [2.24, 2.45) is 5.92 Å². The lowest BCUT2D eigenvalue weighted by molar-refractivity contribution is 0.0485. The smallest absolute Gasteiger partial charge is 0.0316 e. The maximum atomic E-state index is 6.03. The molecule has 3 rings (SSSR count). The normalized spacial score (nSPS) is 29.8. The summed E-state index contributed by atoms with van der Waals surface area (Å²) in [4.78, 5) is 2.77. The molecule has 2 nitrogen and oxygen atoms in total. The van der Waals surface area contributed by atoms with Gasteiger partial charge in [0, 0.05) is 11.7 Å². The van der Waals surface area contributed by atoms with Gasteiger partial charge in [-0.15, -0.1) is 0 Å². The van der Waals surface area contributed by atoms with E-state index in [0.717, 1.165) is 17.6 Å². The zero-order chi connectivity index (χ0) is 14.9. The van der Waals surface area contributed by atoms with E-state index in [1.807, 2.05) is 6.07 Å². The summed E-state index contributed by atoms with van der Waals surface area (Å²) in [5.74, 6) is 0.814. The third-order valence-corrected chi connectivity index (χ3v) is 5.71. The Morgan fingerprint density at radius 3 is 2.95 bits per heavy atom. The number of nitrogen functional groups attached to an aromatic ring is 1. The third-order valence-electron chi connectivity index (χ3n) is 5.71. The molecule has 1 aliphatic heterocycles. The van der Waals surface area contributed by atoms with Gasteiger partial charge >= 0.3 is 0 Å². The third kappa shape index (κ3) is 3.11. The number of likely N-dealkylation sites (tertiary alicyclic amines) is 1. The summed E-state index contributed by atoms with van der Waals surface area (Å²) in [6.45, 7) is 7.23. The van der Waals surface area contributed by atoms with E-state index in [1.54, 1.807) is 0 Å². The van der Waals surface area contributed by atoms with Crippen LogP contribution in [0.15, 0.2) is 24.3 Å². The molecule has 116 valence electrons. The highest BCUT2D eigenvalue weighted by Crippen LogP contribution is 2.47. The van der Waals surface area contributed by atoms with Crippen LogP contribution in [0.25, 0.3) is 0 Å². The van der Waals surface area contributed by atoms with E-state index in [2.05, 4.69) is 36.9 Å². The number of piperidine rings is 1. The van der Waals surface area contributed by atoms with Crippen LogP contribution in [0.5, 0.6) is 0 Å². The van der Waals surface area contributed by atoms with E-state index in [1.165, 1.54) is 57.2 Å². The predicted molar refractivity (Wildman–Crippen MR) is 90.4 cm³/mol. The average molecular weight is 286 g/mol. The minimum Gasteiger partial charge on any atom is -0.399 e. The number of nitrogens with two attached hydrogens (primary N) is 1. The lowest BCUT2D eigenvalue weighted by atomic mass is 9.63. The van der Waals surface area contributed by atoms with E-state index in [-0.39, 0.29) is 0 Å². The van der Waals surface area contributed by atoms with Crippen molar-refractivity contribution in [3.63, 3.8) is 0 Å². The molecule has 2 fully saturated rings. The van der Waals surface area contributed by atoms with E-state index >= 15 is 0 Å². The quantitative estimate of drug-likeness (QED) is 0.840. The Hall–Kier alpha value is -1.02. The molecule has 0 radical (unpaired) electrons. The number of rotatable bonds is 4. The highest BCUT2D eigenvalue weighted by atomic mass is 15.2. The molecule has 0 aromatic heterocycles. The zero-order valence-electron chi connectivity index (χ0n) is 13.6. The number of anilines is 1. The van der Waals surface area contributed by atoms with Crippen LogP contribution in [0.2, 0.25) is 0 Å². The molecule has 2 aliphatic rings. The van der Waals surface area contributed by atoms with Crippen LogP contribution in [0.3, 0.4) is 0 Å². The van der Waals surface area contributed by atoms with Crippen LogP contribution in [-0.2, 0) is 5.41 Å². The van der Waals surface area contributed by atoms with Gasteiger partial charge in [0.25, 0.3) is 0 Å². The second-order valence-electron chi connectivity index (χ2n) is 7.62. The van der Waals surface area contributed by atoms with Crippen molar-refractivity contribution in [1.29, 1.82) is 0 Å². The van der Waals surface area contributed by atoms with Gasteiger partial charge in [0.2, 0.25) is 0 Å². The minimum atomic E-state index is 0.409. The van der Waals surface area contributed by atoms with Crippen LogP contribution in [0.1, 0.15) is 57.9 Å². The molecule has 0 spiro atoms. The summed E-state index contributed by atoms with van der Waals surface area (Å²) in [5.41, 5.74) is 8.86. The van der Waals surface area contributed by atoms with Crippen molar-refractivity contribution in [3.05, 3.63) is 29.8 Å². The van der Waals surface area contributed by atoms with E-state index < -0.39 is 0 Å². The predicted octanol–water partition coefficient (Wildman–Crippen LogP) is 4.20. The Bertz CT molecular complexity index is 482. The highest BCUT2D eigenvalue weighted by Gasteiger charge is 2.43. The Morgan fingerprint density at radius 2 is 2.19 bits per heavy atom. The summed E-state index contributed by atoms with van der Waals surface area (Å²) in [6, 6.07) is 9.48. The molecular weight excluding hydrogens is 256 g/mol. The largest absolute Gasteiger partial charge is 0.399 e. The van der Waals surface area contributed by atoms with E-state index in [0.29, 0.717) is 5.41 Å². The molecule has 2 N–H and O–H groups in total. The minimum absolute atomic E-state index is 0.409. The summed E-state index contributed by atoms with van der Waals surface area (Å²) in [6.07, 6.45) is 8.10. The average Bonchev–Trinajstić information content (AvgIpc) is 2.47. The van der Waals surface area contributed by atoms with Crippen LogP contribution in [0, 0.1) is 5.92 Å². The number of nitrogens with zero attached hydrogens (tertiary/aromatic N) is 1. The van der Waals surface area contributed by atoms with Gasteiger partial charge in [0.15, 0.2) is 0 Å². The number of fused-ring (bicyclic) bond motifs is 2. The molecule has 1 saturated carbocycles. The first-order valence-electron chi connectivity index (χ1n) is 8.69. The van der Waals surface area contributed by atoms with Crippen LogP contribution < -0.4 is 5.73 Å². The highest BCUT2D eigenvalue weighted by molar-refractivity contribution is 5.44. The van der Waals surface area contributed by atoms with Crippen molar-refractivity contribution in [2.45, 2.75) is 63.8 Å². The van der Waals surface area contributed by atoms with Gasteiger partial charge in [0.05, 0.1) is 0 Å². The van der Waals surface area contributed by atoms with Gasteiger partial charge in [-0.2, -0.15) is 0 Å². The van der Waals surface area contributed by atoms with Crippen molar-refractivity contribution in [2.75, 3.05) is 18.8 Å². The van der Waals surface area contributed by atoms with Gasteiger partial charge in [-0.25, -0.2) is 0 Å². The Labute approximate surface area is 129 Å². The van der Waals surface area contributed by atoms with Crippen molar-refractivity contribution in [3.8, 4) is 0 Å². The van der Waals surface area contributed by atoms with Gasteiger partial charge in [-0.05, 0) is 74.2 Å². The fourth-order valence-electron chi connectivity index (χ4n) is 4.40. The molecule has 2 heteroatoms. The summed E-state index contributed by atoms with van der Waals surface area (Å²) in [7, 11) is 0. The maximum Gasteiger partial charge on any atom is 0.0316 e. The fraction of sp³-hybridized carbons (Fsp3) is 0.684. The number of hydrogen-bond donors (Lipinski definition) is 1. The summed E-state index contributed by atoms with van der Waals surface area (Å²) in [5, 5.41) is 0. The standard InChI is InChI=1S/C19H30N2/c1-15(2)8-11-21-12-10-19(9-4-7-18(21)14-19)16-5-3-6-17(20)13-16/h3,5-6,13,15,18H,4,7-12,14,20H2,1-2H3. The van der Waals surface area contributed by atoms with E-state index in [4.69, 9.17) is 5.73 Å². The molecule has 21 heavy (non-hydrogen) atoms. The summed E-state index contributed by atoms with van der Waals surface area (Å²) < 4.78 is 0. The Kier molecular flexibility index (Phi) is 4.26. The molecule has 2 unspecified atom stereocenters. The van der Waals surface area contributed by atoms with Crippen molar-refractivity contribution in [1.82, 2.24) is 4.90 Å². The van der Waals surface area contributed by atoms with Crippen molar-refractivity contribution < 1.29 is 0 Å². The van der Waals surface area contributed by atoms with Crippen LogP contribution in [-0.4, -0.2) is 24.0 Å². The molecule has 1 aliphatic carbocycles. The maximum absolute atomic E-state index is 6.03. The number of hydrogen-bond acceptors (Lipinski definition) is 2. The second kappa shape index (κ2) is 6.00. The Balaban J connectivity index is 1.75. The molecule has 2 bridgehead atoms. The molecule has 1 heterocycles. The molecule has 0 amide bonds. The molecule has 2 atom stereocenters. The second-order valence-corrected chi connectivity index (χ2v) is 7.62. The van der Waals surface area contributed by atoms with Gasteiger partial charge in [-0.3, -0.25) is 0 Å². The van der Waals surface area contributed by atoms with Crippen molar-refractivity contribution >= 4 is 5.69 Å². The lowest BCUT2D eigenvalue weighted by Crippen LogP contribution is -2.52. The number of benzene rings is 1.